The first kappa shape index (κ1) is 11.8. The first-order valence-electron chi connectivity index (χ1n) is 3.26. The maximum Gasteiger partial charge on any atom is 0.0891 e. The fourth-order valence-electron chi connectivity index (χ4n) is 0.866. The highest BCUT2D eigenvalue weighted by molar-refractivity contribution is 6.53. The summed E-state index contributed by atoms with van der Waals surface area (Å²) in [4.78, 5) is 0. The lowest BCUT2D eigenvalue weighted by atomic mass is 10.1. The Bertz CT molecular complexity index is 376. The molecule has 2 N–H and O–H groups in total. The van der Waals surface area contributed by atoms with E-state index in [1.807, 2.05) is 12.4 Å². The third kappa shape index (κ3) is 1.75. The number of hydrogen-bond donors (Lipinski definition) is 2. The molecule has 0 aliphatic heterocycles. The first-order chi connectivity index (χ1) is 6.54. The molecular weight excluding hydrogens is 266 g/mol. The molecule has 0 aliphatic rings. The summed E-state index contributed by atoms with van der Waals surface area (Å²) in [6.45, 7) is 0. The van der Waals surface area contributed by atoms with Crippen molar-refractivity contribution in [3.8, 4) is 0 Å². The molecule has 0 heterocycles. The summed E-state index contributed by atoms with van der Waals surface area (Å²) in [5, 5.41) is 14.1. The third-order valence-corrected chi connectivity index (χ3v) is 3.32. The van der Waals surface area contributed by atoms with E-state index in [9.17, 15) is 0 Å². The van der Waals surface area contributed by atoms with Crippen LogP contribution in [0.2, 0.25) is 20.1 Å². The van der Waals surface area contributed by atoms with Crippen molar-refractivity contribution in [2.45, 2.75) is 0 Å². The van der Waals surface area contributed by atoms with Crippen LogP contribution in [0.4, 0.5) is 0 Å². The Kier molecular flexibility index (Phi) is 3.78. The topological polar surface area (TPSA) is 47.7 Å². The minimum absolute atomic E-state index is 0.0471. The summed E-state index contributed by atoms with van der Waals surface area (Å²) in [5.74, 6) is 0. The lowest BCUT2D eigenvalue weighted by molar-refractivity contribution is 1.50. The van der Waals surface area contributed by atoms with Gasteiger partial charge in [-0.3, -0.25) is 10.8 Å². The van der Waals surface area contributed by atoms with Crippen LogP contribution in [0.15, 0.2) is 0 Å². The predicted octanol–water partition coefficient (Wildman–Crippen LogP) is 4.05. The van der Waals surface area contributed by atoms with Gasteiger partial charge in [0.05, 0.1) is 32.5 Å². The molecule has 0 saturated heterocycles. The maximum atomic E-state index is 6.97. The molecule has 2 nitrogen and oxygen atoms in total. The number of rotatable bonds is 2. The van der Waals surface area contributed by atoms with Crippen LogP contribution in [0, 0.1) is 10.8 Å². The molecule has 0 aromatic heterocycles. The molecule has 0 saturated carbocycles. The van der Waals surface area contributed by atoms with Crippen molar-refractivity contribution in [1.29, 1.82) is 10.8 Å². The Hall–Kier alpha value is -0.280. The molecule has 6 heteroatoms. The highest BCUT2D eigenvalue weighted by atomic mass is 35.5. The molecule has 0 amide bonds. The largest absolute Gasteiger partial charge is 0.298 e. The quantitative estimate of drug-likeness (QED) is 0.461. The Balaban J connectivity index is 3.73. The van der Waals surface area contributed by atoms with Crippen molar-refractivity contribution in [3.05, 3.63) is 31.2 Å². The lowest BCUT2D eigenvalue weighted by Crippen LogP contribution is -1.95. The standard InChI is InChI=1S/C8H2Cl4N2/c9-5-3(1-13)4(2-14)6(10)8(12)7(5)11/h13-14H. The summed E-state index contributed by atoms with van der Waals surface area (Å²) >= 11 is 23.0. The summed E-state index contributed by atoms with van der Waals surface area (Å²) in [6.07, 6.45) is 4.06. The van der Waals surface area contributed by atoms with Crippen molar-refractivity contribution in [3.63, 3.8) is 0 Å². The Morgan fingerprint density at radius 1 is 0.643 bits per heavy atom. The van der Waals surface area contributed by atoms with E-state index < -0.39 is 0 Å². The van der Waals surface area contributed by atoms with Crippen LogP contribution in [0.3, 0.4) is 0 Å². The summed E-state index contributed by atoms with van der Waals surface area (Å²) < 4.78 is 0. The van der Waals surface area contributed by atoms with Crippen LogP contribution >= 0.6 is 46.4 Å². The molecule has 0 aliphatic carbocycles. The molecule has 0 spiro atoms. The van der Waals surface area contributed by atoms with Gasteiger partial charge in [-0.2, -0.15) is 0 Å². The summed E-state index contributed by atoms with van der Waals surface area (Å²) in [5.41, 5.74) is 0.224. The van der Waals surface area contributed by atoms with Gasteiger partial charge in [0, 0.05) is 11.1 Å². The fourth-order valence-corrected chi connectivity index (χ4v) is 1.81. The summed E-state index contributed by atoms with van der Waals surface area (Å²) in [7, 11) is 0. The van der Waals surface area contributed by atoms with Crippen molar-refractivity contribution >= 4 is 58.8 Å². The van der Waals surface area contributed by atoms with Gasteiger partial charge in [0.2, 0.25) is 0 Å². The Labute approximate surface area is 101 Å². The molecule has 0 bridgehead atoms. The molecule has 0 atom stereocenters. The van der Waals surface area contributed by atoms with E-state index in [0.717, 1.165) is 0 Å². The van der Waals surface area contributed by atoms with Gasteiger partial charge in [-0.05, 0) is 0 Å². The van der Waals surface area contributed by atoms with Gasteiger partial charge >= 0.3 is 0 Å². The fraction of sp³-hybridized carbons (Fsp3) is 0. The van der Waals surface area contributed by atoms with Gasteiger partial charge in [0.25, 0.3) is 0 Å². The smallest absolute Gasteiger partial charge is 0.0891 e. The van der Waals surface area contributed by atoms with Crippen LogP contribution in [0.1, 0.15) is 11.1 Å². The highest BCUT2D eigenvalue weighted by Crippen LogP contribution is 2.40. The van der Waals surface area contributed by atoms with E-state index in [4.69, 9.17) is 57.2 Å². The number of nitrogens with one attached hydrogen (secondary N) is 2. The van der Waals surface area contributed by atoms with Crippen LogP contribution in [-0.2, 0) is 0 Å². The van der Waals surface area contributed by atoms with Gasteiger partial charge in [0.1, 0.15) is 0 Å². The van der Waals surface area contributed by atoms with Gasteiger partial charge < -0.3 is 0 Å². The number of benzene rings is 1. The molecule has 0 unspecified atom stereocenters. The molecule has 1 aromatic carbocycles. The normalized spacial score (nSPS) is 10.0. The van der Waals surface area contributed by atoms with E-state index in [1.165, 1.54) is 0 Å². The van der Waals surface area contributed by atoms with Crippen molar-refractivity contribution in [1.82, 2.24) is 0 Å². The average Bonchev–Trinajstić information content (AvgIpc) is 2.20. The van der Waals surface area contributed by atoms with E-state index in [0.29, 0.717) is 0 Å². The Morgan fingerprint density at radius 2 is 0.929 bits per heavy atom. The monoisotopic (exact) mass is 266 g/mol. The van der Waals surface area contributed by atoms with Crippen LogP contribution in [0.5, 0.6) is 0 Å². The molecule has 14 heavy (non-hydrogen) atoms. The molecule has 72 valence electrons. The highest BCUT2D eigenvalue weighted by Gasteiger charge is 2.18. The zero-order valence-corrected chi connectivity index (χ0v) is 9.54. The summed E-state index contributed by atoms with van der Waals surface area (Å²) in [6, 6.07) is 0. The van der Waals surface area contributed by atoms with Gasteiger partial charge in [-0.1, -0.05) is 46.4 Å². The van der Waals surface area contributed by atoms with Crippen LogP contribution in [-0.4, -0.2) is 12.4 Å². The van der Waals surface area contributed by atoms with Gasteiger partial charge in [0.15, 0.2) is 0 Å². The predicted molar refractivity (Wildman–Crippen MR) is 60.1 cm³/mol. The average molecular weight is 268 g/mol. The Morgan fingerprint density at radius 3 is 1.14 bits per heavy atom. The maximum absolute atomic E-state index is 6.97. The zero-order valence-electron chi connectivity index (χ0n) is 6.51. The van der Waals surface area contributed by atoms with Crippen LogP contribution < -0.4 is 0 Å². The van der Waals surface area contributed by atoms with Crippen LogP contribution in [0.25, 0.3) is 0 Å². The number of halogens is 4. The molecule has 1 aromatic rings. The van der Waals surface area contributed by atoms with E-state index in [1.54, 1.807) is 0 Å². The van der Waals surface area contributed by atoms with Crippen molar-refractivity contribution < 1.29 is 0 Å². The molecule has 2 radical (unpaired) electrons. The van der Waals surface area contributed by atoms with Gasteiger partial charge in [-0.25, -0.2) is 0 Å². The minimum Gasteiger partial charge on any atom is -0.298 e. The SMILES string of the molecule is N=[C]c1c(Cl)c(Cl)c(Cl)c(Cl)c1[C]=N. The first-order valence-corrected chi connectivity index (χ1v) is 4.77. The van der Waals surface area contributed by atoms with Crippen molar-refractivity contribution in [2.24, 2.45) is 0 Å². The van der Waals surface area contributed by atoms with E-state index >= 15 is 0 Å². The van der Waals surface area contributed by atoms with Gasteiger partial charge in [-0.15, -0.1) is 0 Å². The second-order valence-corrected chi connectivity index (χ2v) is 3.77. The number of hydrogen-bond acceptors (Lipinski definition) is 2. The third-order valence-electron chi connectivity index (χ3n) is 1.52. The van der Waals surface area contributed by atoms with E-state index in [2.05, 4.69) is 0 Å². The van der Waals surface area contributed by atoms with Crippen molar-refractivity contribution in [2.75, 3.05) is 0 Å². The molecule has 1 rings (SSSR count). The molecular formula is C8H2Cl4N2. The van der Waals surface area contributed by atoms with E-state index in [-0.39, 0.29) is 31.2 Å². The molecule has 0 fully saturated rings. The zero-order chi connectivity index (χ0) is 10.9. The second kappa shape index (κ2) is 4.49. The second-order valence-electron chi connectivity index (χ2n) is 2.26. The lowest BCUT2D eigenvalue weighted by Gasteiger charge is -2.08. The minimum atomic E-state index is 0.0471.